The molecule has 8 nitrogen and oxygen atoms in total. The zero-order chi connectivity index (χ0) is 20.4. The van der Waals surface area contributed by atoms with E-state index in [0.717, 1.165) is 5.69 Å². The summed E-state index contributed by atoms with van der Waals surface area (Å²) >= 11 is 6.03. The molecule has 0 aliphatic carbocycles. The number of ether oxygens (including phenoxy) is 1. The van der Waals surface area contributed by atoms with Gasteiger partial charge < -0.3 is 14.1 Å². The van der Waals surface area contributed by atoms with E-state index in [2.05, 4.69) is 15.5 Å². The van der Waals surface area contributed by atoms with Crippen LogP contribution >= 0.6 is 11.6 Å². The van der Waals surface area contributed by atoms with Gasteiger partial charge in [0.25, 0.3) is 5.91 Å². The van der Waals surface area contributed by atoms with Crippen LogP contribution in [0, 0.1) is 0 Å². The van der Waals surface area contributed by atoms with Gasteiger partial charge in [-0.15, -0.1) is 5.10 Å². The maximum Gasteiger partial charge on any atom is 0.322 e. The Morgan fingerprint density at radius 3 is 2.69 bits per heavy atom. The van der Waals surface area contributed by atoms with Crippen molar-refractivity contribution < 1.29 is 18.7 Å². The van der Waals surface area contributed by atoms with E-state index in [1.165, 1.54) is 0 Å². The molecule has 148 valence electrons. The molecule has 0 spiro atoms. The van der Waals surface area contributed by atoms with Crippen LogP contribution < -0.4 is 15.0 Å². The van der Waals surface area contributed by atoms with Gasteiger partial charge in [-0.1, -0.05) is 28.8 Å². The van der Waals surface area contributed by atoms with E-state index < -0.39 is 5.91 Å². The molecule has 4 rings (SSSR count). The summed E-state index contributed by atoms with van der Waals surface area (Å²) in [6.45, 7) is 0.408. The van der Waals surface area contributed by atoms with Crippen LogP contribution in [0.2, 0.25) is 5.02 Å². The quantitative estimate of drug-likeness (QED) is 0.688. The Morgan fingerprint density at radius 1 is 1.21 bits per heavy atom. The van der Waals surface area contributed by atoms with E-state index in [-0.39, 0.29) is 24.3 Å². The van der Waals surface area contributed by atoms with E-state index in [4.69, 9.17) is 20.8 Å². The topological polar surface area (TPSA) is 97.6 Å². The molecule has 1 unspecified atom stereocenters. The number of halogens is 1. The van der Waals surface area contributed by atoms with Gasteiger partial charge in [0, 0.05) is 18.7 Å². The molecule has 0 saturated carbocycles. The van der Waals surface area contributed by atoms with Crippen molar-refractivity contribution in [2.45, 2.75) is 12.3 Å². The van der Waals surface area contributed by atoms with Gasteiger partial charge in [-0.05, 0) is 36.4 Å². The second-order valence-corrected chi connectivity index (χ2v) is 6.89. The van der Waals surface area contributed by atoms with Crippen molar-refractivity contribution in [1.29, 1.82) is 0 Å². The minimum atomic E-state index is -0.451. The van der Waals surface area contributed by atoms with Crippen molar-refractivity contribution in [1.82, 2.24) is 10.2 Å². The first-order valence-corrected chi connectivity index (χ1v) is 9.26. The maximum atomic E-state index is 12.4. The summed E-state index contributed by atoms with van der Waals surface area (Å²) in [6.07, 6.45) is 0.242. The fourth-order valence-electron chi connectivity index (χ4n) is 3.14. The number of anilines is 2. The smallest absolute Gasteiger partial charge is 0.322 e. The van der Waals surface area contributed by atoms with Crippen LogP contribution in [-0.2, 0) is 4.79 Å². The summed E-state index contributed by atoms with van der Waals surface area (Å²) in [6, 6.07) is 13.8. The average Bonchev–Trinajstić information content (AvgIpc) is 3.35. The molecule has 2 aromatic carbocycles. The maximum absolute atomic E-state index is 12.4. The SMILES string of the molecule is COc1ccc(N2CC(c3nnc(NC(=O)c4ccccc4Cl)o3)CC2=O)cc1. The predicted octanol–water partition coefficient (Wildman–Crippen LogP) is 3.50. The van der Waals surface area contributed by atoms with Crippen molar-refractivity contribution in [3.05, 3.63) is 65.0 Å². The number of benzene rings is 2. The molecule has 2 heterocycles. The molecule has 9 heteroatoms. The van der Waals surface area contributed by atoms with Gasteiger partial charge in [0.2, 0.25) is 11.8 Å². The fourth-order valence-corrected chi connectivity index (χ4v) is 3.37. The van der Waals surface area contributed by atoms with E-state index in [1.807, 2.05) is 12.1 Å². The summed E-state index contributed by atoms with van der Waals surface area (Å²) in [5.74, 6) is 0.257. The number of nitrogens with one attached hydrogen (secondary N) is 1. The van der Waals surface area contributed by atoms with E-state index in [0.29, 0.717) is 28.8 Å². The van der Waals surface area contributed by atoms with E-state index >= 15 is 0 Å². The molecule has 1 atom stereocenters. The predicted molar refractivity (Wildman–Crippen MR) is 106 cm³/mol. The molecule has 1 aliphatic heterocycles. The van der Waals surface area contributed by atoms with Gasteiger partial charge in [-0.3, -0.25) is 14.9 Å². The van der Waals surface area contributed by atoms with Crippen molar-refractivity contribution in [2.24, 2.45) is 0 Å². The number of methoxy groups -OCH3 is 1. The molecule has 1 aliphatic rings. The standard InChI is InChI=1S/C20H17ClN4O4/c1-28-14-8-6-13(7-9-14)25-11-12(10-17(25)26)19-23-24-20(29-19)22-18(27)15-4-2-3-5-16(15)21/h2-9,12H,10-11H2,1H3,(H,22,24,27). The van der Waals surface area contributed by atoms with Crippen molar-refractivity contribution in [3.63, 3.8) is 0 Å². The highest BCUT2D eigenvalue weighted by molar-refractivity contribution is 6.34. The number of carbonyl (C=O) groups is 2. The van der Waals surface area contributed by atoms with Crippen LogP contribution in [0.5, 0.6) is 5.75 Å². The van der Waals surface area contributed by atoms with Gasteiger partial charge in [-0.2, -0.15) is 0 Å². The molecular formula is C20H17ClN4O4. The number of hydrogen-bond acceptors (Lipinski definition) is 6. The van der Waals surface area contributed by atoms with E-state index in [1.54, 1.807) is 48.4 Å². The number of aromatic nitrogens is 2. The van der Waals surface area contributed by atoms with Crippen LogP contribution in [0.4, 0.5) is 11.7 Å². The van der Waals surface area contributed by atoms with Crippen molar-refractivity contribution >= 4 is 35.1 Å². The minimum Gasteiger partial charge on any atom is -0.497 e. The highest BCUT2D eigenvalue weighted by Gasteiger charge is 2.35. The molecule has 1 fully saturated rings. The lowest BCUT2D eigenvalue weighted by Gasteiger charge is -2.16. The highest BCUT2D eigenvalue weighted by atomic mass is 35.5. The Bertz CT molecular complexity index is 1050. The first kappa shape index (κ1) is 18.9. The average molecular weight is 413 g/mol. The molecule has 0 bridgehead atoms. The third kappa shape index (κ3) is 3.93. The van der Waals surface area contributed by atoms with Gasteiger partial charge in [0.05, 0.1) is 23.6 Å². The van der Waals surface area contributed by atoms with Crippen LogP contribution in [-0.4, -0.2) is 35.7 Å². The van der Waals surface area contributed by atoms with Crippen LogP contribution in [0.3, 0.4) is 0 Å². The normalized spacial score (nSPS) is 16.1. The number of carbonyl (C=O) groups excluding carboxylic acids is 2. The summed E-state index contributed by atoms with van der Waals surface area (Å²) in [4.78, 5) is 26.4. The Hall–Kier alpha value is -3.39. The highest BCUT2D eigenvalue weighted by Crippen LogP contribution is 2.32. The largest absolute Gasteiger partial charge is 0.497 e. The van der Waals surface area contributed by atoms with E-state index in [9.17, 15) is 9.59 Å². The zero-order valence-electron chi connectivity index (χ0n) is 15.5. The summed E-state index contributed by atoms with van der Waals surface area (Å²) in [7, 11) is 1.59. The molecule has 29 heavy (non-hydrogen) atoms. The molecular weight excluding hydrogens is 396 g/mol. The summed E-state index contributed by atoms with van der Waals surface area (Å²) in [5, 5.41) is 10.7. The molecule has 3 aromatic rings. The molecule has 0 radical (unpaired) electrons. The Balaban J connectivity index is 1.45. The third-order valence-corrected chi connectivity index (χ3v) is 4.97. The number of rotatable bonds is 5. The van der Waals surface area contributed by atoms with Gasteiger partial charge >= 0.3 is 6.01 Å². The summed E-state index contributed by atoms with van der Waals surface area (Å²) < 4.78 is 10.7. The van der Waals surface area contributed by atoms with Crippen LogP contribution in [0.25, 0.3) is 0 Å². The van der Waals surface area contributed by atoms with Crippen molar-refractivity contribution in [3.8, 4) is 5.75 Å². The van der Waals surface area contributed by atoms with Gasteiger partial charge in [-0.25, -0.2) is 0 Å². The van der Waals surface area contributed by atoms with Crippen LogP contribution in [0.15, 0.2) is 52.9 Å². The minimum absolute atomic E-state index is 0.0414. The monoisotopic (exact) mass is 412 g/mol. The second kappa shape index (κ2) is 7.92. The van der Waals surface area contributed by atoms with Gasteiger partial charge in [0.15, 0.2) is 0 Å². The summed E-state index contributed by atoms with van der Waals surface area (Å²) in [5.41, 5.74) is 1.07. The van der Waals surface area contributed by atoms with Gasteiger partial charge in [0.1, 0.15) is 5.75 Å². The first-order chi connectivity index (χ1) is 14.0. The van der Waals surface area contributed by atoms with Crippen LogP contribution in [0.1, 0.15) is 28.6 Å². The zero-order valence-corrected chi connectivity index (χ0v) is 16.2. The molecule has 1 aromatic heterocycles. The molecule has 2 amide bonds. The first-order valence-electron chi connectivity index (χ1n) is 8.89. The molecule has 1 N–H and O–H groups in total. The number of amides is 2. The second-order valence-electron chi connectivity index (χ2n) is 6.48. The Morgan fingerprint density at radius 2 is 1.97 bits per heavy atom. The Kier molecular flexibility index (Phi) is 5.18. The lowest BCUT2D eigenvalue weighted by Crippen LogP contribution is -2.24. The number of nitrogens with zero attached hydrogens (tertiary/aromatic N) is 3. The van der Waals surface area contributed by atoms with Crippen molar-refractivity contribution in [2.75, 3.05) is 23.9 Å². The fraction of sp³-hybridized carbons (Fsp3) is 0.200. The lowest BCUT2D eigenvalue weighted by molar-refractivity contribution is -0.117. The third-order valence-electron chi connectivity index (χ3n) is 4.64. The number of hydrogen-bond donors (Lipinski definition) is 1. The Labute approximate surface area is 171 Å². The lowest BCUT2D eigenvalue weighted by atomic mass is 10.1. The molecule has 1 saturated heterocycles.